The van der Waals surface area contributed by atoms with E-state index in [4.69, 9.17) is 0 Å². The van der Waals surface area contributed by atoms with E-state index in [0.717, 1.165) is 22.0 Å². The molecular weight excluding hydrogens is 324 g/mol. The van der Waals surface area contributed by atoms with Crippen molar-refractivity contribution in [2.24, 2.45) is 0 Å². The molecule has 0 spiro atoms. The summed E-state index contributed by atoms with van der Waals surface area (Å²) in [6, 6.07) is 15.3. The first-order valence-electron chi connectivity index (χ1n) is 9.24. The molecule has 0 unspecified atom stereocenters. The second kappa shape index (κ2) is 8.39. The van der Waals surface area contributed by atoms with E-state index in [1.807, 2.05) is 6.92 Å². The molecule has 1 aromatic heterocycles. The molecule has 0 radical (unpaired) electrons. The number of nitrogens with zero attached hydrogens (tertiary/aromatic N) is 2. The second-order valence-electron chi connectivity index (χ2n) is 6.51. The molecule has 130 valence electrons. The Kier molecular flexibility index (Phi) is 5.98. The van der Waals surface area contributed by atoms with Gasteiger partial charge in [0.2, 0.25) is 0 Å². The fourth-order valence-corrected chi connectivity index (χ4v) is 3.63. The molecule has 2 aliphatic carbocycles. The molecule has 25 heavy (non-hydrogen) atoms. The third-order valence-electron chi connectivity index (χ3n) is 4.60. The minimum atomic E-state index is 1.00. The topological polar surface area (TPSA) is 25.8 Å². The molecule has 2 aromatic rings. The number of aromatic nitrogens is 2. The highest BCUT2D eigenvalue weighted by Gasteiger charge is 2.04. The fraction of sp³-hybridized carbons (Fsp3) is 0.364. The summed E-state index contributed by atoms with van der Waals surface area (Å²) in [5.41, 5.74) is 4.11. The lowest BCUT2D eigenvalue weighted by molar-refractivity contribution is 0.712. The number of hydrogen-bond donors (Lipinski definition) is 0. The number of hydrogen-bond acceptors (Lipinski definition) is 3. The van der Waals surface area contributed by atoms with Crippen LogP contribution in [0.3, 0.4) is 0 Å². The van der Waals surface area contributed by atoms with E-state index in [-0.39, 0.29) is 0 Å². The van der Waals surface area contributed by atoms with E-state index in [9.17, 15) is 0 Å². The molecule has 1 heterocycles. The minimum Gasteiger partial charge on any atom is -0.143 e. The van der Waals surface area contributed by atoms with Crippen LogP contribution in [0.4, 0.5) is 0 Å². The van der Waals surface area contributed by atoms with Gasteiger partial charge in [0.1, 0.15) is 10.0 Å². The molecule has 0 fully saturated rings. The predicted octanol–water partition coefficient (Wildman–Crippen LogP) is 6.10. The Labute approximate surface area is 154 Å². The molecule has 2 aliphatic rings. The van der Waals surface area contributed by atoms with Gasteiger partial charge in [-0.1, -0.05) is 80.5 Å². The van der Waals surface area contributed by atoms with Crippen molar-refractivity contribution in [1.82, 2.24) is 10.2 Å². The van der Waals surface area contributed by atoms with Crippen LogP contribution in [0.25, 0.3) is 10.6 Å². The Bertz CT molecular complexity index is 910. The Morgan fingerprint density at radius 1 is 0.920 bits per heavy atom. The fourth-order valence-electron chi connectivity index (χ4n) is 2.94. The third kappa shape index (κ3) is 4.35. The van der Waals surface area contributed by atoms with Gasteiger partial charge in [0.05, 0.1) is 0 Å². The van der Waals surface area contributed by atoms with Gasteiger partial charge in [-0.3, -0.25) is 0 Å². The lowest BCUT2D eigenvalue weighted by Crippen LogP contribution is -1.96. The largest absolute Gasteiger partial charge is 0.147 e. The molecule has 0 aliphatic heterocycles. The Morgan fingerprint density at radius 2 is 1.72 bits per heavy atom. The van der Waals surface area contributed by atoms with E-state index in [1.165, 1.54) is 36.5 Å². The van der Waals surface area contributed by atoms with Crippen LogP contribution in [0.2, 0.25) is 0 Å². The summed E-state index contributed by atoms with van der Waals surface area (Å²) in [6.07, 6.45) is 6.46. The molecule has 0 N–H and O–H groups in total. The van der Waals surface area contributed by atoms with Crippen molar-refractivity contribution in [2.75, 3.05) is 0 Å². The second-order valence-corrected chi connectivity index (χ2v) is 7.69. The Hall–Kier alpha value is -2.00. The standard InChI is InChI=1S/C11H12N2S.C11H14/c1-3-9-4-6-10(7-5-9)11-13-12-8(2)14-11;1-2-3-4-5-9-8-10-6-7-11(9)10/h4-7H,3H2,1-2H3;6-8H,2-5H2,1H3. The first-order valence-corrected chi connectivity index (χ1v) is 10.1. The third-order valence-corrected chi connectivity index (χ3v) is 5.49. The Morgan fingerprint density at radius 3 is 2.20 bits per heavy atom. The molecule has 2 nitrogen and oxygen atoms in total. The molecule has 1 aromatic carbocycles. The SMILES string of the molecule is CCCCCc1cc2ccc1=2.CCc1ccc(-c2nnc(C)s2)cc1. The maximum atomic E-state index is 4.11. The molecule has 3 heteroatoms. The summed E-state index contributed by atoms with van der Waals surface area (Å²) in [5, 5.41) is 13.2. The van der Waals surface area contributed by atoms with E-state index in [0.29, 0.717) is 0 Å². The monoisotopic (exact) mass is 350 g/mol. The van der Waals surface area contributed by atoms with Gasteiger partial charge in [0.15, 0.2) is 0 Å². The van der Waals surface area contributed by atoms with Crippen molar-refractivity contribution in [2.45, 2.75) is 52.9 Å². The molecule has 0 saturated carbocycles. The first kappa shape index (κ1) is 17.8. The van der Waals surface area contributed by atoms with Gasteiger partial charge in [-0.25, -0.2) is 0 Å². The molecule has 0 saturated heterocycles. The molecule has 0 atom stereocenters. The summed E-state index contributed by atoms with van der Waals surface area (Å²) >= 11 is 1.63. The van der Waals surface area contributed by atoms with Crippen molar-refractivity contribution in [1.29, 1.82) is 0 Å². The maximum absolute atomic E-state index is 4.11. The summed E-state index contributed by atoms with van der Waals surface area (Å²) in [5.74, 6) is 0. The average molecular weight is 351 g/mol. The van der Waals surface area contributed by atoms with Gasteiger partial charge in [0.25, 0.3) is 0 Å². The average Bonchev–Trinajstić information content (AvgIpc) is 3.06. The van der Waals surface area contributed by atoms with Gasteiger partial charge in [-0.2, -0.15) is 0 Å². The molecule has 0 amide bonds. The molecule has 0 bridgehead atoms. The summed E-state index contributed by atoms with van der Waals surface area (Å²) < 4.78 is 0. The number of benzene rings is 2. The van der Waals surface area contributed by atoms with Gasteiger partial charge in [0, 0.05) is 5.56 Å². The van der Waals surface area contributed by atoms with E-state index < -0.39 is 0 Å². The van der Waals surface area contributed by atoms with Crippen LogP contribution in [0.15, 0.2) is 42.5 Å². The lowest BCUT2D eigenvalue weighted by atomic mass is 9.95. The van der Waals surface area contributed by atoms with E-state index in [1.54, 1.807) is 22.1 Å². The van der Waals surface area contributed by atoms with Gasteiger partial charge in [-0.05, 0) is 47.8 Å². The zero-order valence-corrected chi connectivity index (χ0v) is 16.2. The van der Waals surface area contributed by atoms with Crippen LogP contribution in [0.1, 0.15) is 49.2 Å². The number of unbranched alkanes of at least 4 members (excludes halogenated alkanes) is 2. The van der Waals surface area contributed by atoms with Crippen molar-refractivity contribution in [3.63, 3.8) is 0 Å². The number of rotatable bonds is 6. The zero-order chi connectivity index (χ0) is 17.6. The predicted molar refractivity (Wildman–Crippen MR) is 107 cm³/mol. The lowest BCUT2D eigenvalue weighted by Gasteiger charge is -2.10. The van der Waals surface area contributed by atoms with Crippen LogP contribution in [0, 0.1) is 17.4 Å². The van der Waals surface area contributed by atoms with Crippen LogP contribution in [-0.4, -0.2) is 10.2 Å². The highest BCUT2D eigenvalue weighted by Crippen LogP contribution is 2.23. The summed E-state index contributed by atoms with van der Waals surface area (Å²) in [6.45, 7) is 6.38. The van der Waals surface area contributed by atoms with Crippen molar-refractivity contribution >= 4 is 11.3 Å². The highest BCUT2D eigenvalue weighted by atomic mass is 32.1. The van der Waals surface area contributed by atoms with Crippen LogP contribution in [-0.2, 0) is 12.8 Å². The first-order chi connectivity index (χ1) is 12.2. The summed E-state index contributed by atoms with van der Waals surface area (Å²) in [7, 11) is 0. The van der Waals surface area contributed by atoms with Crippen LogP contribution < -0.4 is 0 Å². The van der Waals surface area contributed by atoms with Crippen LogP contribution >= 0.6 is 11.3 Å². The summed E-state index contributed by atoms with van der Waals surface area (Å²) in [4.78, 5) is 0. The van der Waals surface area contributed by atoms with Crippen molar-refractivity contribution in [3.05, 3.63) is 69.0 Å². The maximum Gasteiger partial charge on any atom is 0.147 e. The smallest absolute Gasteiger partial charge is 0.143 e. The Balaban J connectivity index is 0.000000150. The van der Waals surface area contributed by atoms with Crippen molar-refractivity contribution in [3.8, 4) is 10.6 Å². The normalized spacial score (nSPS) is 11.0. The van der Waals surface area contributed by atoms with Gasteiger partial charge in [-0.15, -0.1) is 10.2 Å². The van der Waals surface area contributed by atoms with Gasteiger partial charge >= 0.3 is 0 Å². The minimum absolute atomic E-state index is 1.00. The quantitative estimate of drug-likeness (QED) is 0.393. The molecular formula is C22H26N2S. The van der Waals surface area contributed by atoms with Crippen molar-refractivity contribution < 1.29 is 0 Å². The zero-order valence-electron chi connectivity index (χ0n) is 15.4. The molecule has 4 rings (SSSR count). The van der Waals surface area contributed by atoms with Crippen LogP contribution in [0.5, 0.6) is 0 Å². The van der Waals surface area contributed by atoms with E-state index in [2.05, 4.69) is 66.5 Å². The highest BCUT2D eigenvalue weighted by molar-refractivity contribution is 7.14. The van der Waals surface area contributed by atoms with Gasteiger partial charge < -0.3 is 0 Å². The number of aryl methyl sites for hydroxylation is 3. The van der Waals surface area contributed by atoms with E-state index >= 15 is 0 Å².